The van der Waals surface area contributed by atoms with Gasteiger partial charge in [-0.15, -0.1) is 0 Å². The Morgan fingerprint density at radius 1 is 0.476 bits per heavy atom. The summed E-state index contributed by atoms with van der Waals surface area (Å²) in [7, 11) is 5.41. The van der Waals surface area contributed by atoms with Gasteiger partial charge >= 0.3 is 11.9 Å². The number of likely N-dealkylation sites (N-methyl/N-ethyl adjacent to an activating group) is 1. The molecule has 0 aliphatic heterocycles. The maximum atomic E-state index is 12.8. The van der Waals surface area contributed by atoms with E-state index in [1.165, 1.54) is 161 Å². The summed E-state index contributed by atoms with van der Waals surface area (Å²) in [6.07, 6.45) is 54.7. The third-order valence-corrected chi connectivity index (χ3v) is 12.0. The fraction of sp³-hybridized carbons (Fsp3) is 0.836. The number of quaternary nitrogens is 1. The molecule has 0 fully saturated rings. The second-order valence-electron chi connectivity index (χ2n) is 19.1. The number of hydrogen-bond donors (Lipinski definition) is 0. The number of carbonyl (C=O) groups is 3. The summed E-state index contributed by atoms with van der Waals surface area (Å²) < 4.78 is 17.2. The molecule has 2 unspecified atom stereocenters. The summed E-state index contributed by atoms with van der Waals surface area (Å²) in [4.78, 5) is 37.0. The standard InChI is InChI=1S/C55H101NO7/c1-6-8-10-12-14-16-18-20-22-24-25-26-27-28-29-30-32-33-35-37-39-41-43-45-53(57)62-50-51(49-61-48-47-52(55(59)60)56(3,4)5)63-54(58)46-44-42-40-38-36-34-31-23-21-19-17-15-13-11-9-7-2/h23,28-29,31,34,36,51-52H,6-22,24-27,30,32-33,35,37-50H2,1-5H3/b29-28+,31-23+,36-34+. The molecule has 0 heterocycles. The number of carbonyl (C=O) groups excluding carboxylic acids is 3. The van der Waals surface area contributed by atoms with Crippen LogP contribution in [-0.4, -0.2) is 75.5 Å². The summed E-state index contributed by atoms with van der Waals surface area (Å²) >= 11 is 0. The van der Waals surface area contributed by atoms with E-state index >= 15 is 0 Å². The van der Waals surface area contributed by atoms with E-state index in [1.807, 2.05) is 0 Å². The summed E-state index contributed by atoms with van der Waals surface area (Å²) in [5.74, 6) is -1.76. The summed E-state index contributed by atoms with van der Waals surface area (Å²) in [5, 5.41) is 11.7. The van der Waals surface area contributed by atoms with Crippen molar-refractivity contribution in [1.82, 2.24) is 0 Å². The molecule has 2 atom stereocenters. The lowest BCUT2D eigenvalue weighted by atomic mass is 10.0. The van der Waals surface area contributed by atoms with Gasteiger partial charge in [0.05, 0.1) is 40.3 Å². The molecule has 368 valence electrons. The van der Waals surface area contributed by atoms with Gasteiger partial charge in [-0.2, -0.15) is 0 Å². The van der Waals surface area contributed by atoms with Crippen LogP contribution in [0.4, 0.5) is 0 Å². The molecule has 0 saturated heterocycles. The fourth-order valence-electron chi connectivity index (χ4n) is 7.88. The van der Waals surface area contributed by atoms with E-state index in [0.717, 1.165) is 51.4 Å². The number of carboxylic acids is 1. The lowest BCUT2D eigenvalue weighted by molar-refractivity contribution is -0.889. The second-order valence-corrected chi connectivity index (χ2v) is 19.1. The highest BCUT2D eigenvalue weighted by atomic mass is 16.6. The Balaban J connectivity index is 4.22. The first-order valence-electron chi connectivity index (χ1n) is 26.5. The molecule has 63 heavy (non-hydrogen) atoms. The Morgan fingerprint density at radius 2 is 0.841 bits per heavy atom. The molecule has 0 rings (SSSR count). The van der Waals surface area contributed by atoms with Crippen LogP contribution in [0.5, 0.6) is 0 Å². The highest BCUT2D eigenvalue weighted by Gasteiger charge is 2.25. The van der Waals surface area contributed by atoms with Crippen LogP contribution in [0.1, 0.15) is 245 Å². The van der Waals surface area contributed by atoms with Crippen molar-refractivity contribution < 1.29 is 38.2 Å². The normalized spacial score (nSPS) is 13.1. The Kier molecular flexibility index (Phi) is 44.3. The molecule has 0 amide bonds. The molecule has 0 aromatic carbocycles. The zero-order valence-corrected chi connectivity index (χ0v) is 42.0. The molecule has 0 aromatic heterocycles. The molecule has 0 radical (unpaired) electrons. The predicted molar refractivity (Wildman–Crippen MR) is 263 cm³/mol. The van der Waals surface area contributed by atoms with E-state index in [2.05, 4.69) is 50.3 Å². The molecule has 0 bridgehead atoms. The van der Waals surface area contributed by atoms with Crippen LogP contribution in [0.15, 0.2) is 36.5 Å². The number of ether oxygens (including phenoxy) is 3. The van der Waals surface area contributed by atoms with Crippen molar-refractivity contribution in [2.24, 2.45) is 0 Å². The number of allylic oxidation sites excluding steroid dienone is 6. The number of unbranched alkanes of at least 4 members (excludes halogenated alkanes) is 29. The molecule has 0 N–H and O–H groups in total. The zero-order chi connectivity index (χ0) is 46.3. The second kappa shape index (κ2) is 46.1. The molecule has 0 aliphatic rings. The number of aliphatic carboxylic acids is 1. The van der Waals surface area contributed by atoms with Crippen molar-refractivity contribution in [1.29, 1.82) is 0 Å². The number of carboxylic acid groups (broad SMARTS) is 1. The smallest absolute Gasteiger partial charge is 0.306 e. The monoisotopic (exact) mass is 888 g/mol. The SMILES string of the molecule is CCCCCCCCC/C=C/C=C/CCCCCC(=O)OC(COCCC(C(=O)[O-])[N+](C)(C)C)COC(=O)CCCCCCCCC/C=C/CCCCCCCCCCCCCC. The van der Waals surface area contributed by atoms with Gasteiger partial charge in [-0.3, -0.25) is 9.59 Å². The Morgan fingerprint density at radius 3 is 1.25 bits per heavy atom. The van der Waals surface area contributed by atoms with E-state index in [4.69, 9.17) is 14.2 Å². The van der Waals surface area contributed by atoms with Crippen molar-refractivity contribution in [3.63, 3.8) is 0 Å². The highest BCUT2D eigenvalue weighted by Crippen LogP contribution is 2.15. The first-order valence-corrected chi connectivity index (χ1v) is 26.5. The maximum Gasteiger partial charge on any atom is 0.306 e. The average Bonchev–Trinajstić information content (AvgIpc) is 3.24. The largest absolute Gasteiger partial charge is 0.544 e. The molecule has 0 aromatic rings. The van der Waals surface area contributed by atoms with Gasteiger partial charge in [-0.25, -0.2) is 0 Å². The predicted octanol–water partition coefficient (Wildman–Crippen LogP) is 14.0. The van der Waals surface area contributed by atoms with Crippen LogP contribution >= 0.6 is 0 Å². The number of esters is 2. The van der Waals surface area contributed by atoms with Crippen molar-refractivity contribution in [3.05, 3.63) is 36.5 Å². The first kappa shape index (κ1) is 60.5. The molecular formula is C55H101NO7. The summed E-state index contributed by atoms with van der Waals surface area (Å²) in [6.45, 7) is 4.66. The lowest BCUT2D eigenvalue weighted by Crippen LogP contribution is -2.55. The van der Waals surface area contributed by atoms with Gasteiger partial charge in [0.2, 0.25) is 0 Å². The molecule has 0 aliphatic carbocycles. The van der Waals surface area contributed by atoms with Gasteiger partial charge in [-0.1, -0.05) is 198 Å². The maximum absolute atomic E-state index is 12.8. The van der Waals surface area contributed by atoms with Crippen molar-refractivity contribution in [3.8, 4) is 0 Å². The van der Waals surface area contributed by atoms with Gasteiger partial charge in [0.25, 0.3) is 0 Å². The third-order valence-electron chi connectivity index (χ3n) is 12.0. The van der Waals surface area contributed by atoms with Gasteiger partial charge in [0, 0.05) is 19.3 Å². The Labute approximate surface area is 389 Å². The van der Waals surface area contributed by atoms with E-state index in [1.54, 1.807) is 21.1 Å². The van der Waals surface area contributed by atoms with Crippen molar-refractivity contribution >= 4 is 17.9 Å². The minimum absolute atomic E-state index is 0.0302. The molecule has 8 nitrogen and oxygen atoms in total. The number of hydrogen-bond acceptors (Lipinski definition) is 7. The van der Waals surface area contributed by atoms with E-state index in [9.17, 15) is 19.5 Å². The molecular weight excluding hydrogens is 787 g/mol. The van der Waals surface area contributed by atoms with E-state index in [-0.39, 0.29) is 49.1 Å². The summed E-state index contributed by atoms with van der Waals surface area (Å²) in [6, 6.07) is -0.731. The first-order chi connectivity index (χ1) is 30.6. The number of nitrogens with zero attached hydrogens (tertiary/aromatic N) is 1. The Hall–Kier alpha value is -2.45. The molecule has 0 spiro atoms. The lowest BCUT2D eigenvalue weighted by Gasteiger charge is -2.34. The topological polar surface area (TPSA) is 102 Å². The van der Waals surface area contributed by atoms with Crippen LogP contribution < -0.4 is 5.11 Å². The van der Waals surface area contributed by atoms with E-state index in [0.29, 0.717) is 6.42 Å². The van der Waals surface area contributed by atoms with Crippen molar-refractivity contribution in [2.45, 2.75) is 257 Å². The van der Waals surface area contributed by atoms with Crippen LogP contribution in [0.25, 0.3) is 0 Å². The van der Waals surface area contributed by atoms with Crippen LogP contribution in [0.3, 0.4) is 0 Å². The average molecular weight is 888 g/mol. The highest BCUT2D eigenvalue weighted by molar-refractivity contribution is 5.70. The van der Waals surface area contributed by atoms with Crippen LogP contribution in [0.2, 0.25) is 0 Å². The van der Waals surface area contributed by atoms with Crippen LogP contribution in [0, 0.1) is 0 Å². The van der Waals surface area contributed by atoms with Crippen molar-refractivity contribution in [2.75, 3.05) is 41.0 Å². The Bertz CT molecular complexity index is 1130. The fourth-order valence-corrected chi connectivity index (χ4v) is 7.88. The third kappa shape index (κ3) is 44.5. The van der Waals surface area contributed by atoms with Gasteiger partial charge in [0.1, 0.15) is 12.6 Å². The molecule has 8 heteroatoms. The molecule has 0 saturated carbocycles. The van der Waals surface area contributed by atoms with Gasteiger partial charge in [-0.05, 0) is 64.2 Å². The number of rotatable bonds is 48. The van der Waals surface area contributed by atoms with E-state index < -0.39 is 18.1 Å². The van der Waals surface area contributed by atoms with Crippen LogP contribution in [-0.2, 0) is 28.6 Å². The minimum atomic E-state index is -1.13. The quantitative estimate of drug-likeness (QED) is 0.0197. The zero-order valence-electron chi connectivity index (χ0n) is 42.0. The van der Waals surface area contributed by atoms with Gasteiger partial charge < -0.3 is 28.6 Å². The minimum Gasteiger partial charge on any atom is -0.544 e. The summed E-state index contributed by atoms with van der Waals surface area (Å²) in [5.41, 5.74) is 0. The van der Waals surface area contributed by atoms with Gasteiger partial charge in [0.15, 0.2) is 6.10 Å².